The van der Waals surface area contributed by atoms with Crippen molar-refractivity contribution in [2.24, 2.45) is 0 Å². The predicted molar refractivity (Wildman–Crippen MR) is 54.5 cm³/mol. The summed E-state index contributed by atoms with van der Waals surface area (Å²) in [6.45, 7) is 1.97. The molecule has 2 N–H and O–H groups in total. The summed E-state index contributed by atoms with van der Waals surface area (Å²) in [6, 6.07) is 0.394. The number of rotatable bonds is 5. The first-order valence-electron chi connectivity index (χ1n) is 5.28. The van der Waals surface area contributed by atoms with Crippen LogP contribution in [0.5, 0.6) is 0 Å². The first-order valence-corrected chi connectivity index (χ1v) is 5.28. The third-order valence-corrected chi connectivity index (χ3v) is 2.49. The van der Waals surface area contributed by atoms with Crippen LogP contribution in [0.4, 0.5) is 0 Å². The summed E-state index contributed by atoms with van der Waals surface area (Å²) in [5.74, 6) is -0.378. The van der Waals surface area contributed by atoms with Gasteiger partial charge in [0.05, 0.1) is 19.6 Å². The van der Waals surface area contributed by atoms with E-state index in [1.165, 1.54) is 7.11 Å². The molecular weight excluding hydrogens is 198 g/mol. The molecule has 1 saturated heterocycles. The highest BCUT2D eigenvalue weighted by Crippen LogP contribution is 2.06. The number of nitrogens with one attached hydrogen (secondary N) is 1. The standard InChI is InChI=1S/C10H19NO4/c1-14-10(13)6-9(12)7-11-8-2-4-15-5-3-8/h8-9,11-12H,2-7H2,1H3. The van der Waals surface area contributed by atoms with E-state index in [2.05, 4.69) is 10.1 Å². The second-order valence-corrected chi connectivity index (χ2v) is 3.73. The van der Waals surface area contributed by atoms with Crippen LogP contribution in [0.3, 0.4) is 0 Å². The molecule has 5 nitrogen and oxygen atoms in total. The van der Waals surface area contributed by atoms with E-state index in [1.54, 1.807) is 0 Å². The van der Waals surface area contributed by atoms with E-state index in [4.69, 9.17) is 4.74 Å². The number of esters is 1. The van der Waals surface area contributed by atoms with Gasteiger partial charge in [-0.05, 0) is 12.8 Å². The molecule has 1 aliphatic rings. The number of aliphatic hydroxyl groups is 1. The number of aliphatic hydroxyl groups excluding tert-OH is 1. The van der Waals surface area contributed by atoms with Crippen molar-refractivity contribution in [3.63, 3.8) is 0 Å². The molecule has 1 fully saturated rings. The lowest BCUT2D eigenvalue weighted by atomic mass is 10.1. The molecule has 1 unspecified atom stereocenters. The SMILES string of the molecule is COC(=O)CC(O)CNC1CCOCC1. The van der Waals surface area contributed by atoms with Gasteiger partial charge >= 0.3 is 5.97 Å². The van der Waals surface area contributed by atoms with E-state index in [0.29, 0.717) is 12.6 Å². The Morgan fingerprint density at radius 3 is 2.87 bits per heavy atom. The molecule has 15 heavy (non-hydrogen) atoms. The molecule has 88 valence electrons. The van der Waals surface area contributed by atoms with E-state index in [0.717, 1.165) is 26.1 Å². The fourth-order valence-electron chi connectivity index (χ4n) is 1.55. The second kappa shape index (κ2) is 6.76. The zero-order valence-electron chi connectivity index (χ0n) is 9.07. The molecule has 0 radical (unpaired) electrons. The maximum atomic E-state index is 10.8. The minimum absolute atomic E-state index is 0.0483. The fraction of sp³-hybridized carbons (Fsp3) is 0.900. The second-order valence-electron chi connectivity index (χ2n) is 3.73. The minimum Gasteiger partial charge on any atom is -0.469 e. The van der Waals surface area contributed by atoms with Crippen LogP contribution in [-0.2, 0) is 14.3 Å². The number of carbonyl (C=O) groups is 1. The summed E-state index contributed by atoms with van der Waals surface area (Å²) >= 11 is 0. The molecule has 1 atom stereocenters. The van der Waals surface area contributed by atoms with Crippen LogP contribution in [0.1, 0.15) is 19.3 Å². The van der Waals surface area contributed by atoms with Crippen LogP contribution in [-0.4, -0.2) is 50.1 Å². The molecule has 0 saturated carbocycles. The van der Waals surface area contributed by atoms with Crippen molar-refractivity contribution in [3.05, 3.63) is 0 Å². The Labute approximate surface area is 89.8 Å². The van der Waals surface area contributed by atoms with E-state index in [-0.39, 0.29) is 12.4 Å². The molecule has 0 bridgehead atoms. The van der Waals surface area contributed by atoms with E-state index >= 15 is 0 Å². The van der Waals surface area contributed by atoms with Crippen molar-refractivity contribution in [2.45, 2.75) is 31.4 Å². The van der Waals surface area contributed by atoms with Gasteiger partial charge in [-0.3, -0.25) is 4.79 Å². The first kappa shape index (κ1) is 12.4. The normalized spacial score (nSPS) is 19.9. The van der Waals surface area contributed by atoms with Gasteiger partial charge in [-0.15, -0.1) is 0 Å². The number of methoxy groups -OCH3 is 1. The van der Waals surface area contributed by atoms with Gasteiger partial charge in [0.1, 0.15) is 0 Å². The molecule has 0 aromatic carbocycles. The summed E-state index contributed by atoms with van der Waals surface area (Å²) in [7, 11) is 1.32. The van der Waals surface area contributed by atoms with Gasteiger partial charge in [0.25, 0.3) is 0 Å². The van der Waals surface area contributed by atoms with Crippen molar-refractivity contribution in [1.82, 2.24) is 5.32 Å². The van der Waals surface area contributed by atoms with Crippen molar-refractivity contribution in [3.8, 4) is 0 Å². The van der Waals surface area contributed by atoms with Crippen LogP contribution >= 0.6 is 0 Å². The Balaban J connectivity index is 2.09. The molecule has 0 amide bonds. The van der Waals surface area contributed by atoms with Crippen LogP contribution in [0.15, 0.2) is 0 Å². The van der Waals surface area contributed by atoms with Crippen molar-refractivity contribution in [2.75, 3.05) is 26.9 Å². The van der Waals surface area contributed by atoms with Gasteiger partial charge in [-0.25, -0.2) is 0 Å². The zero-order chi connectivity index (χ0) is 11.1. The summed E-state index contributed by atoms with van der Waals surface area (Å²) in [5, 5.41) is 12.7. The summed E-state index contributed by atoms with van der Waals surface area (Å²) in [4.78, 5) is 10.8. The van der Waals surface area contributed by atoms with Crippen molar-refractivity contribution >= 4 is 5.97 Å². The Morgan fingerprint density at radius 2 is 2.27 bits per heavy atom. The monoisotopic (exact) mass is 217 g/mol. The summed E-state index contributed by atoms with van der Waals surface area (Å²) in [5.41, 5.74) is 0. The average Bonchev–Trinajstić information content (AvgIpc) is 2.27. The van der Waals surface area contributed by atoms with E-state index in [1.807, 2.05) is 0 Å². The summed E-state index contributed by atoms with van der Waals surface area (Å²) in [6.07, 6.45) is 1.31. The van der Waals surface area contributed by atoms with Crippen LogP contribution in [0, 0.1) is 0 Å². The lowest BCUT2D eigenvalue weighted by Gasteiger charge is -2.24. The summed E-state index contributed by atoms with van der Waals surface area (Å²) < 4.78 is 9.68. The van der Waals surface area contributed by atoms with Gasteiger partial charge in [0.2, 0.25) is 0 Å². The maximum absolute atomic E-state index is 10.8. The molecule has 0 aromatic rings. The highest BCUT2D eigenvalue weighted by Gasteiger charge is 2.16. The largest absolute Gasteiger partial charge is 0.469 e. The lowest BCUT2D eigenvalue weighted by Crippen LogP contribution is -2.39. The molecule has 1 heterocycles. The highest BCUT2D eigenvalue weighted by molar-refractivity contribution is 5.69. The zero-order valence-corrected chi connectivity index (χ0v) is 9.07. The van der Waals surface area contributed by atoms with Crippen molar-refractivity contribution < 1.29 is 19.4 Å². The van der Waals surface area contributed by atoms with Gasteiger partial charge in [-0.1, -0.05) is 0 Å². The van der Waals surface area contributed by atoms with Crippen molar-refractivity contribution in [1.29, 1.82) is 0 Å². The number of ether oxygens (including phenoxy) is 2. The third-order valence-electron chi connectivity index (χ3n) is 2.49. The van der Waals surface area contributed by atoms with Gasteiger partial charge in [-0.2, -0.15) is 0 Å². The molecular formula is C10H19NO4. The first-order chi connectivity index (χ1) is 7.22. The minimum atomic E-state index is -0.666. The molecule has 5 heteroatoms. The van der Waals surface area contributed by atoms with Gasteiger partial charge in [0, 0.05) is 25.8 Å². The van der Waals surface area contributed by atoms with Gasteiger partial charge < -0.3 is 19.9 Å². The van der Waals surface area contributed by atoms with Crippen LogP contribution in [0.2, 0.25) is 0 Å². The molecule has 1 rings (SSSR count). The number of carbonyl (C=O) groups excluding carboxylic acids is 1. The van der Waals surface area contributed by atoms with Gasteiger partial charge in [0.15, 0.2) is 0 Å². The Hall–Kier alpha value is -0.650. The molecule has 0 aliphatic carbocycles. The lowest BCUT2D eigenvalue weighted by molar-refractivity contribution is -0.142. The third kappa shape index (κ3) is 5.11. The number of hydrogen-bond acceptors (Lipinski definition) is 5. The molecule has 1 aliphatic heterocycles. The average molecular weight is 217 g/mol. The quantitative estimate of drug-likeness (QED) is 0.618. The van der Waals surface area contributed by atoms with Crippen LogP contribution < -0.4 is 5.32 Å². The smallest absolute Gasteiger partial charge is 0.308 e. The van der Waals surface area contributed by atoms with E-state index in [9.17, 15) is 9.90 Å². The Bertz CT molecular complexity index is 192. The van der Waals surface area contributed by atoms with Crippen LogP contribution in [0.25, 0.3) is 0 Å². The Morgan fingerprint density at radius 1 is 1.60 bits per heavy atom. The predicted octanol–water partition coefficient (Wildman–Crippen LogP) is -0.321. The van der Waals surface area contributed by atoms with E-state index < -0.39 is 6.10 Å². The highest BCUT2D eigenvalue weighted by atomic mass is 16.5. The molecule has 0 spiro atoms. The Kier molecular flexibility index (Phi) is 5.60. The molecule has 0 aromatic heterocycles. The fourth-order valence-corrected chi connectivity index (χ4v) is 1.55. The maximum Gasteiger partial charge on any atom is 0.308 e. The topological polar surface area (TPSA) is 67.8 Å². The number of hydrogen-bond donors (Lipinski definition) is 2.